The Morgan fingerprint density at radius 1 is 0.946 bits per heavy atom. The van der Waals surface area contributed by atoms with Gasteiger partial charge in [0.2, 0.25) is 0 Å². The molecule has 0 radical (unpaired) electrons. The van der Waals surface area contributed by atoms with Crippen molar-refractivity contribution < 1.29 is 14.2 Å². The van der Waals surface area contributed by atoms with Crippen molar-refractivity contribution in [1.29, 1.82) is 0 Å². The van der Waals surface area contributed by atoms with Gasteiger partial charge in [0.15, 0.2) is 0 Å². The third-order valence-electron chi connectivity index (χ3n) is 7.61. The maximum Gasteiger partial charge on any atom is 0.127 e. The molecule has 0 saturated heterocycles. The third kappa shape index (κ3) is 7.41. The van der Waals surface area contributed by atoms with Crippen molar-refractivity contribution in [1.82, 2.24) is 5.32 Å². The van der Waals surface area contributed by atoms with Crippen LogP contribution in [0.2, 0.25) is 0 Å². The van der Waals surface area contributed by atoms with Crippen LogP contribution in [0.15, 0.2) is 72.8 Å². The predicted molar refractivity (Wildman–Crippen MR) is 148 cm³/mol. The van der Waals surface area contributed by atoms with Crippen molar-refractivity contribution in [3.05, 3.63) is 101 Å². The standard InChI is InChI=1S/C32H41FN2O2/c1-23(2)26-12-9-13-27(19-26)32(14-7-4-8-15-32)35-21-31(36)30(34)18-25-16-28(33)20-29(17-25)37-22-24-10-5-3-6-11-24/h3,5-6,9-13,16-17,19-20,23,30-31,35-36H,4,7-8,14-15,18,21-22,34H2,1-2H3/t30-,31+/m0/s1. The number of hydrogen-bond donors (Lipinski definition) is 3. The lowest BCUT2D eigenvalue weighted by Gasteiger charge is -2.40. The Labute approximate surface area is 221 Å². The van der Waals surface area contributed by atoms with E-state index in [-0.39, 0.29) is 11.4 Å². The van der Waals surface area contributed by atoms with Crippen LogP contribution in [0.3, 0.4) is 0 Å². The van der Waals surface area contributed by atoms with Crippen molar-refractivity contribution in [2.45, 2.75) is 82.6 Å². The van der Waals surface area contributed by atoms with Gasteiger partial charge in [-0.05, 0) is 59.6 Å². The normalized spacial score (nSPS) is 16.9. The molecule has 0 spiro atoms. The fraction of sp³-hybridized carbons (Fsp3) is 0.438. The molecular formula is C32H41FN2O2. The molecule has 198 valence electrons. The number of aliphatic hydroxyl groups excluding tert-OH is 1. The fourth-order valence-electron chi connectivity index (χ4n) is 5.34. The van der Waals surface area contributed by atoms with Crippen LogP contribution in [-0.2, 0) is 18.6 Å². The van der Waals surface area contributed by atoms with E-state index in [1.54, 1.807) is 0 Å². The molecule has 0 bridgehead atoms. The van der Waals surface area contributed by atoms with Crippen molar-refractivity contribution in [2.24, 2.45) is 5.73 Å². The summed E-state index contributed by atoms with van der Waals surface area (Å²) in [6, 6.07) is 22.8. The van der Waals surface area contributed by atoms with E-state index in [0.717, 1.165) is 31.2 Å². The molecule has 3 aromatic carbocycles. The lowest BCUT2D eigenvalue weighted by molar-refractivity contribution is 0.116. The van der Waals surface area contributed by atoms with Crippen LogP contribution in [0.1, 0.15) is 74.1 Å². The van der Waals surface area contributed by atoms with Gasteiger partial charge in [0.25, 0.3) is 0 Å². The predicted octanol–water partition coefficient (Wildman–Crippen LogP) is 6.21. The molecule has 0 amide bonds. The van der Waals surface area contributed by atoms with Gasteiger partial charge in [-0.1, -0.05) is 87.7 Å². The first-order chi connectivity index (χ1) is 17.8. The average Bonchev–Trinajstić information content (AvgIpc) is 2.91. The molecule has 0 aliphatic heterocycles. The zero-order chi connectivity index (χ0) is 26.3. The van der Waals surface area contributed by atoms with Crippen molar-refractivity contribution >= 4 is 0 Å². The molecule has 1 fully saturated rings. The van der Waals surface area contributed by atoms with Crippen LogP contribution in [0.25, 0.3) is 0 Å². The Kier molecular flexibility index (Phi) is 9.36. The molecule has 0 aromatic heterocycles. The Hall–Kier alpha value is -2.73. The molecule has 4 nitrogen and oxygen atoms in total. The van der Waals surface area contributed by atoms with E-state index in [1.807, 2.05) is 36.4 Å². The topological polar surface area (TPSA) is 67.5 Å². The van der Waals surface area contributed by atoms with Crippen LogP contribution in [0, 0.1) is 5.82 Å². The van der Waals surface area contributed by atoms with Crippen molar-refractivity contribution in [2.75, 3.05) is 6.54 Å². The second-order valence-corrected chi connectivity index (χ2v) is 10.8. The van der Waals surface area contributed by atoms with E-state index >= 15 is 0 Å². The van der Waals surface area contributed by atoms with Gasteiger partial charge in [-0.15, -0.1) is 0 Å². The number of benzene rings is 3. The smallest absolute Gasteiger partial charge is 0.127 e. The summed E-state index contributed by atoms with van der Waals surface area (Å²) in [7, 11) is 0. The first-order valence-corrected chi connectivity index (χ1v) is 13.6. The van der Waals surface area contributed by atoms with Gasteiger partial charge in [-0.25, -0.2) is 4.39 Å². The molecule has 4 N–H and O–H groups in total. The van der Waals surface area contributed by atoms with Gasteiger partial charge in [-0.2, -0.15) is 0 Å². The summed E-state index contributed by atoms with van der Waals surface area (Å²) in [5, 5.41) is 14.7. The zero-order valence-corrected chi connectivity index (χ0v) is 22.1. The first kappa shape index (κ1) is 27.3. The summed E-state index contributed by atoms with van der Waals surface area (Å²) in [4.78, 5) is 0. The van der Waals surface area contributed by atoms with Gasteiger partial charge < -0.3 is 20.9 Å². The lowest BCUT2D eigenvalue weighted by atomic mass is 9.75. The zero-order valence-electron chi connectivity index (χ0n) is 22.1. The minimum Gasteiger partial charge on any atom is -0.489 e. The summed E-state index contributed by atoms with van der Waals surface area (Å²) in [5.41, 5.74) is 10.6. The number of nitrogens with two attached hydrogens (primary N) is 1. The highest BCUT2D eigenvalue weighted by Gasteiger charge is 2.34. The molecule has 0 unspecified atom stereocenters. The fourth-order valence-corrected chi connectivity index (χ4v) is 5.34. The van der Waals surface area contributed by atoms with Crippen molar-refractivity contribution in [3.63, 3.8) is 0 Å². The Morgan fingerprint density at radius 3 is 2.43 bits per heavy atom. The van der Waals surface area contributed by atoms with E-state index in [2.05, 4.69) is 43.4 Å². The number of hydrogen-bond acceptors (Lipinski definition) is 4. The highest BCUT2D eigenvalue weighted by molar-refractivity contribution is 5.33. The highest BCUT2D eigenvalue weighted by atomic mass is 19.1. The minimum absolute atomic E-state index is 0.152. The van der Waals surface area contributed by atoms with Gasteiger partial charge in [-0.3, -0.25) is 0 Å². The molecule has 2 atom stereocenters. The summed E-state index contributed by atoms with van der Waals surface area (Å²) in [6.45, 7) is 5.18. The second-order valence-electron chi connectivity index (χ2n) is 10.8. The van der Waals surface area contributed by atoms with Crippen LogP contribution in [0.5, 0.6) is 5.75 Å². The number of ether oxygens (including phenoxy) is 1. The molecule has 0 heterocycles. The molecule has 37 heavy (non-hydrogen) atoms. The van der Waals surface area contributed by atoms with E-state index in [1.165, 1.54) is 29.7 Å². The first-order valence-electron chi connectivity index (χ1n) is 13.6. The third-order valence-corrected chi connectivity index (χ3v) is 7.61. The lowest BCUT2D eigenvalue weighted by Crippen LogP contribution is -2.51. The van der Waals surface area contributed by atoms with Crippen LogP contribution < -0.4 is 15.8 Å². The van der Waals surface area contributed by atoms with Crippen LogP contribution in [0.4, 0.5) is 4.39 Å². The Bertz CT molecular complexity index is 1130. The molecule has 1 saturated carbocycles. The maximum atomic E-state index is 14.3. The summed E-state index contributed by atoms with van der Waals surface area (Å²) in [6.07, 6.45) is 5.25. The average molecular weight is 505 g/mol. The SMILES string of the molecule is CC(C)c1cccc(C2(NC[C@@H](O)[C@@H](N)Cc3cc(F)cc(OCc4ccccc4)c3)CCCCC2)c1. The van der Waals surface area contributed by atoms with E-state index < -0.39 is 12.1 Å². The molecule has 3 aromatic rings. The van der Waals surface area contributed by atoms with Crippen LogP contribution in [-0.4, -0.2) is 23.8 Å². The minimum atomic E-state index is -0.760. The quantitative estimate of drug-likeness (QED) is 0.291. The number of rotatable bonds is 11. The van der Waals surface area contributed by atoms with E-state index in [9.17, 15) is 9.50 Å². The summed E-state index contributed by atoms with van der Waals surface area (Å²) >= 11 is 0. The monoisotopic (exact) mass is 504 g/mol. The van der Waals surface area contributed by atoms with Gasteiger partial charge in [0.1, 0.15) is 18.2 Å². The van der Waals surface area contributed by atoms with Gasteiger partial charge in [0.05, 0.1) is 6.10 Å². The van der Waals surface area contributed by atoms with Crippen LogP contribution >= 0.6 is 0 Å². The largest absolute Gasteiger partial charge is 0.489 e. The molecule has 1 aliphatic carbocycles. The Morgan fingerprint density at radius 2 is 1.70 bits per heavy atom. The number of halogens is 1. The second kappa shape index (κ2) is 12.7. The van der Waals surface area contributed by atoms with E-state index in [4.69, 9.17) is 10.5 Å². The van der Waals surface area contributed by atoms with Gasteiger partial charge >= 0.3 is 0 Å². The number of nitrogens with one attached hydrogen (secondary N) is 1. The molecular weight excluding hydrogens is 463 g/mol. The highest BCUT2D eigenvalue weighted by Crippen LogP contribution is 2.38. The van der Waals surface area contributed by atoms with Crippen molar-refractivity contribution in [3.8, 4) is 5.75 Å². The number of aliphatic hydroxyl groups is 1. The van der Waals surface area contributed by atoms with Gasteiger partial charge in [0, 0.05) is 24.2 Å². The summed E-state index contributed by atoms with van der Waals surface area (Å²) < 4.78 is 20.1. The Balaban J connectivity index is 1.39. The maximum absolute atomic E-state index is 14.3. The summed E-state index contributed by atoms with van der Waals surface area (Å²) in [5.74, 6) is 0.559. The molecule has 1 aliphatic rings. The molecule has 5 heteroatoms. The molecule has 4 rings (SSSR count). The van der Waals surface area contributed by atoms with E-state index in [0.29, 0.717) is 36.8 Å².